The van der Waals surface area contributed by atoms with Crippen molar-refractivity contribution in [1.82, 2.24) is 10.6 Å². The zero-order valence-electron chi connectivity index (χ0n) is 14.3. The Morgan fingerprint density at radius 3 is 2.39 bits per heavy atom. The molecule has 0 radical (unpaired) electrons. The Labute approximate surface area is 138 Å². The van der Waals surface area contributed by atoms with Gasteiger partial charge < -0.3 is 25.2 Å². The monoisotopic (exact) mass is 324 g/mol. The maximum Gasteiger partial charge on any atom is 0.258 e. The number of carbonyl (C=O) groups is 1. The molecule has 3 N–H and O–H groups in total. The molecule has 1 rings (SSSR count). The van der Waals surface area contributed by atoms with E-state index in [1.165, 1.54) is 0 Å². The van der Waals surface area contributed by atoms with Crippen molar-refractivity contribution >= 4 is 5.91 Å². The first-order chi connectivity index (χ1) is 10.9. The molecular formula is C17H28N2O4. The molecule has 0 saturated heterocycles. The average molecular weight is 324 g/mol. The van der Waals surface area contributed by atoms with Gasteiger partial charge in [-0.2, -0.15) is 0 Å². The summed E-state index contributed by atoms with van der Waals surface area (Å²) in [5.74, 6) is 0.980. The Morgan fingerprint density at radius 2 is 1.78 bits per heavy atom. The Morgan fingerprint density at radius 1 is 1.13 bits per heavy atom. The summed E-state index contributed by atoms with van der Waals surface area (Å²) in [6.07, 6.45) is -0.584. The van der Waals surface area contributed by atoms with Crippen molar-refractivity contribution in [3.63, 3.8) is 0 Å². The van der Waals surface area contributed by atoms with E-state index in [0.717, 1.165) is 0 Å². The van der Waals surface area contributed by atoms with Gasteiger partial charge in [-0.05, 0) is 26.0 Å². The molecule has 6 nitrogen and oxygen atoms in total. The zero-order chi connectivity index (χ0) is 17.2. The molecule has 0 aromatic heterocycles. The van der Waals surface area contributed by atoms with Crippen molar-refractivity contribution in [2.45, 2.75) is 45.9 Å². The van der Waals surface area contributed by atoms with Crippen molar-refractivity contribution in [1.29, 1.82) is 0 Å². The second-order valence-corrected chi connectivity index (χ2v) is 6.01. The van der Waals surface area contributed by atoms with E-state index >= 15 is 0 Å². The van der Waals surface area contributed by atoms with E-state index in [4.69, 9.17) is 9.47 Å². The van der Waals surface area contributed by atoms with E-state index < -0.39 is 6.10 Å². The van der Waals surface area contributed by atoms with Crippen molar-refractivity contribution < 1.29 is 19.4 Å². The van der Waals surface area contributed by atoms with Gasteiger partial charge in [0.1, 0.15) is 24.2 Å². The largest absolute Gasteiger partial charge is 0.491 e. The minimum atomic E-state index is -0.584. The van der Waals surface area contributed by atoms with Crippen LogP contribution in [0.2, 0.25) is 0 Å². The summed E-state index contributed by atoms with van der Waals surface area (Å²) in [6, 6.07) is 7.42. The molecule has 0 aliphatic heterocycles. The Bertz CT molecular complexity index is 477. The number of hydrogen-bond acceptors (Lipinski definition) is 5. The predicted molar refractivity (Wildman–Crippen MR) is 89.9 cm³/mol. The van der Waals surface area contributed by atoms with Gasteiger partial charge >= 0.3 is 0 Å². The number of carbonyl (C=O) groups excluding carboxylic acids is 1. The van der Waals surface area contributed by atoms with Gasteiger partial charge in [0.2, 0.25) is 0 Å². The molecule has 0 fully saturated rings. The Hall–Kier alpha value is -1.79. The second-order valence-electron chi connectivity index (χ2n) is 6.01. The molecule has 23 heavy (non-hydrogen) atoms. The van der Waals surface area contributed by atoms with Gasteiger partial charge in [-0.3, -0.25) is 4.79 Å². The summed E-state index contributed by atoms with van der Waals surface area (Å²) in [4.78, 5) is 11.5. The molecule has 1 aromatic carbocycles. The van der Waals surface area contributed by atoms with Gasteiger partial charge in [0.05, 0.1) is 0 Å². The van der Waals surface area contributed by atoms with Crippen molar-refractivity contribution in [2.75, 3.05) is 19.8 Å². The third-order valence-electron chi connectivity index (χ3n) is 2.83. The standard InChI is InChI=1S/C17H28N2O4/c1-12(2)18-9-14(20)10-22-15-6-5-7-16(8-15)23-11-17(21)19-13(3)4/h5-8,12-14,18,20H,9-11H2,1-4H3,(H,19,21). The van der Waals surface area contributed by atoms with Crippen LogP contribution < -0.4 is 20.1 Å². The molecule has 0 bridgehead atoms. The number of aliphatic hydroxyl groups is 1. The highest BCUT2D eigenvalue weighted by molar-refractivity contribution is 5.77. The number of benzene rings is 1. The highest BCUT2D eigenvalue weighted by atomic mass is 16.5. The maximum atomic E-state index is 11.5. The van der Waals surface area contributed by atoms with Crippen LogP contribution in [-0.2, 0) is 4.79 Å². The topological polar surface area (TPSA) is 79.8 Å². The highest BCUT2D eigenvalue weighted by Crippen LogP contribution is 2.19. The van der Waals surface area contributed by atoms with Gasteiger partial charge in [0.15, 0.2) is 6.61 Å². The van der Waals surface area contributed by atoms with E-state index in [0.29, 0.717) is 24.1 Å². The molecule has 0 saturated carbocycles. The molecule has 130 valence electrons. The summed E-state index contributed by atoms with van der Waals surface area (Å²) in [7, 11) is 0. The highest BCUT2D eigenvalue weighted by Gasteiger charge is 2.08. The predicted octanol–water partition coefficient (Wildman–Crippen LogP) is 1.33. The van der Waals surface area contributed by atoms with Gasteiger partial charge in [-0.1, -0.05) is 19.9 Å². The number of amides is 1. The number of hydrogen-bond donors (Lipinski definition) is 3. The lowest BCUT2D eigenvalue weighted by Gasteiger charge is -2.15. The first-order valence-corrected chi connectivity index (χ1v) is 7.93. The summed E-state index contributed by atoms with van der Waals surface area (Å²) in [6.45, 7) is 8.45. The molecule has 1 atom stereocenters. The third kappa shape index (κ3) is 9.05. The summed E-state index contributed by atoms with van der Waals surface area (Å²) in [5, 5.41) is 15.7. The first-order valence-electron chi connectivity index (χ1n) is 7.93. The lowest BCUT2D eigenvalue weighted by atomic mass is 10.3. The molecule has 0 aliphatic carbocycles. The van der Waals surface area contributed by atoms with E-state index in [-0.39, 0.29) is 25.2 Å². The number of aliphatic hydroxyl groups excluding tert-OH is 1. The molecule has 1 amide bonds. The summed E-state index contributed by atoms with van der Waals surface area (Å²) in [5.41, 5.74) is 0. The maximum absolute atomic E-state index is 11.5. The van der Waals surface area contributed by atoms with Crippen LogP contribution >= 0.6 is 0 Å². The second kappa shape index (κ2) is 10.1. The Balaban J connectivity index is 2.39. The lowest BCUT2D eigenvalue weighted by Crippen LogP contribution is -2.35. The van der Waals surface area contributed by atoms with Crippen molar-refractivity contribution in [3.05, 3.63) is 24.3 Å². The normalized spacial score (nSPS) is 12.3. The first kappa shape index (κ1) is 19.3. The molecule has 1 unspecified atom stereocenters. The van der Waals surface area contributed by atoms with Gasteiger partial charge in [-0.15, -0.1) is 0 Å². The van der Waals surface area contributed by atoms with Crippen LogP contribution in [0.25, 0.3) is 0 Å². The average Bonchev–Trinajstić information content (AvgIpc) is 2.48. The zero-order valence-corrected chi connectivity index (χ0v) is 14.3. The molecule has 0 heterocycles. The fourth-order valence-corrected chi connectivity index (χ4v) is 1.79. The summed E-state index contributed by atoms with van der Waals surface area (Å²) < 4.78 is 11.0. The minimum Gasteiger partial charge on any atom is -0.491 e. The van der Waals surface area contributed by atoms with E-state index in [2.05, 4.69) is 10.6 Å². The molecule has 0 spiro atoms. The van der Waals surface area contributed by atoms with E-state index in [9.17, 15) is 9.90 Å². The van der Waals surface area contributed by atoms with Crippen LogP contribution in [0.4, 0.5) is 0 Å². The van der Waals surface area contributed by atoms with Gasteiger partial charge in [0.25, 0.3) is 5.91 Å². The third-order valence-corrected chi connectivity index (χ3v) is 2.83. The minimum absolute atomic E-state index is 0.0391. The van der Waals surface area contributed by atoms with Crippen LogP contribution in [0.15, 0.2) is 24.3 Å². The number of nitrogens with one attached hydrogen (secondary N) is 2. The molecule has 0 aliphatic rings. The van der Waals surface area contributed by atoms with Crippen LogP contribution in [0, 0.1) is 0 Å². The Kier molecular flexibility index (Phi) is 8.43. The lowest BCUT2D eigenvalue weighted by molar-refractivity contribution is -0.123. The van der Waals surface area contributed by atoms with Crippen molar-refractivity contribution in [3.8, 4) is 11.5 Å². The quantitative estimate of drug-likeness (QED) is 0.605. The summed E-state index contributed by atoms with van der Waals surface area (Å²) >= 11 is 0. The fourth-order valence-electron chi connectivity index (χ4n) is 1.79. The van der Waals surface area contributed by atoms with Crippen LogP contribution in [0.3, 0.4) is 0 Å². The fraction of sp³-hybridized carbons (Fsp3) is 0.588. The molecule has 1 aromatic rings. The van der Waals surface area contributed by atoms with Crippen LogP contribution in [-0.4, -0.2) is 49.0 Å². The van der Waals surface area contributed by atoms with Crippen LogP contribution in [0.1, 0.15) is 27.7 Å². The molecule has 6 heteroatoms. The van der Waals surface area contributed by atoms with E-state index in [1.807, 2.05) is 27.7 Å². The van der Waals surface area contributed by atoms with E-state index in [1.54, 1.807) is 24.3 Å². The smallest absolute Gasteiger partial charge is 0.258 e. The molecular weight excluding hydrogens is 296 g/mol. The number of rotatable bonds is 10. The van der Waals surface area contributed by atoms with Gasteiger partial charge in [0, 0.05) is 24.7 Å². The SMILES string of the molecule is CC(C)NCC(O)COc1cccc(OCC(=O)NC(C)C)c1. The van der Waals surface area contributed by atoms with Crippen LogP contribution in [0.5, 0.6) is 11.5 Å². The number of ether oxygens (including phenoxy) is 2. The van der Waals surface area contributed by atoms with Gasteiger partial charge in [-0.25, -0.2) is 0 Å². The van der Waals surface area contributed by atoms with Crippen molar-refractivity contribution in [2.24, 2.45) is 0 Å².